The molecule has 5 nitrogen and oxygen atoms in total. The Labute approximate surface area is 138 Å². The summed E-state index contributed by atoms with van der Waals surface area (Å²) in [7, 11) is -2.59. The predicted octanol–water partition coefficient (Wildman–Crippen LogP) is 2.72. The Morgan fingerprint density at radius 2 is 1.67 bits per heavy atom. The molecule has 1 aromatic rings. The molecule has 0 radical (unpaired) electrons. The first kappa shape index (κ1) is 18.7. The molecule has 24 heavy (non-hydrogen) atoms. The standard InChI is InChI=1S/C15H18F3NO4S/c1-23-14(20)10-2-6-12(7-3-10)19-24(21,22)13-8-4-11(5-9-13)15(16,17)18/h4-5,8-10,12,19H,2-3,6-7H2,1H3/t10-,12-. The van der Waals surface area contributed by atoms with Crippen molar-refractivity contribution in [3.05, 3.63) is 29.8 Å². The zero-order chi connectivity index (χ0) is 18.0. The number of esters is 1. The van der Waals surface area contributed by atoms with Crippen LogP contribution >= 0.6 is 0 Å². The van der Waals surface area contributed by atoms with Crippen molar-refractivity contribution in [3.63, 3.8) is 0 Å². The van der Waals surface area contributed by atoms with Gasteiger partial charge in [0.15, 0.2) is 0 Å². The summed E-state index contributed by atoms with van der Waals surface area (Å²) >= 11 is 0. The van der Waals surface area contributed by atoms with Crippen molar-refractivity contribution in [2.45, 2.75) is 42.8 Å². The van der Waals surface area contributed by atoms with Gasteiger partial charge in [-0.2, -0.15) is 13.2 Å². The van der Waals surface area contributed by atoms with Crippen LogP contribution in [0, 0.1) is 5.92 Å². The van der Waals surface area contributed by atoms with E-state index in [0.29, 0.717) is 25.7 Å². The van der Waals surface area contributed by atoms with E-state index in [4.69, 9.17) is 0 Å². The molecule has 0 unspecified atom stereocenters. The van der Waals surface area contributed by atoms with E-state index < -0.39 is 21.8 Å². The normalized spacial score (nSPS) is 22.2. The summed E-state index contributed by atoms with van der Waals surface area (Å²) in [5, 5.41) is 0. The number of nitrogens with one attached hydrogen (secondary N) is 1. The molecule has 1 aliphatic carbocycles. The van der Waals surface area contributed by atoms with Gasteiger partial charge in [0.05, 0.1) is 23.5 Å². The van der Waals surface area contributed by atoms with Crippen LogP contribution in [0.2, 0.25) is 0 Å². The van der Waals surface area contributed by atoms with Gasteiger partial charge >= 0.3 is 12.1 Å². The number of halogens is 3. The van der Waals surface area contributed by atoms with Crippen molar-refractivity contribution in [3.8, 4) is 0 Å². The molecule has 0 aliphatic heterocycles. The molecule has 0 atom stereocenters. The maximum Gasteiger partial charge on any atom is 0.416 e. The number of rotatable bonds is 4. The lowest BCUT2D eigenvalue weighted by Crippen LogP contribution is -2.38. The third-order valence-electron chi connectivity index (χ3n) is 4.08. The molecule has 1 N–H and O–H groups in total. The molecule has 0 saturated heterocycles. The zero-order valence-corrected chi connectivity index (χ0v) is 13.8. The minimum atomic E-state index is -4.51. The van der Waals surface area contributed by atoms with E-state index >= 15 is 0 Å². The lowest BCUT2D eigenvalue weighted by atomic mass is 9.86. The van der Waals surface area contributed by atoms with Gasteiger partial charge in [0, 0.05) is 6.04 Å². The molecule has 9 heteroatoms. The average molecular weight is 365 g/mol. The molecule has 0 heterocycles. The van der Waals surface area contributed by atoms with Gasteiger partial charge in [-0.05, 0) is 49.9 Å². The lowest BCUT2D eigenvalue weighted by molar-refractivity contribution is -0.146. The van der Waals surface area contributed by atoms with E-state index in [-0.39, 0.29) is 22.8 Å². The van der Waals surface area contributed by atoms with E-state index in [9.17, 15) is 26.4 Å². The summed E-state index contributed by atoms with van der Waals surface area (Å²) in [6, 6.07) is 3.00. The number of carbonyl (C=O) groups is 1. The van der Waals surface area contributed by atoms with Gasteiger partial charge in [-0.3, -0.25) is 4.79 Å². The van der Waals surface area contributed by atoms with Gasteiger partial charge in [-0.25, -0.2) is 13.1 Å². The molecule has 2 rings (SSSR count). The van der Waals surface area contributed by atoms with E-state index in [1.807, 2.05) is 0 Å². The minimum Gasteiger partial charge on any atom is -0.469 e. The summed E-state index contributed by atoms with van der Waals surface area (Å²) in [4.78, 5) is 11.2. The summed E-state index contributed by atoms with van der Waals surface area (Å²) < 4.78 is 69.2. The van der Waals surface area contributed by atoms with Crippen LogP contribution in [0.15, 0.2) is 29.2 Å². The van der Waals surface area contributed by atoms with E-state index in [0.717, 1.165) is 24.3 Å². The Kier molecular flexibility index (Phi) is 5.54. The second kappa shape index (κ2) is 7.10. The van der Waals surface area contributed by atoms with Gasteiger partial charge in [0.25, 0.3) is 0 Å². The molecule has 1 aliphatic rings. The van der Waals surface area contributed by atoms with Gasteiger partial charge in [-0.15, -0.1) is 0 Å². The minimum absolute atomic E-state index is 0.217. The first-order valence-corrected chi connectivity index (χ1v) is 8.89. The molecule has 1 fully saturated rings. The highest BCUT2D eigenvalue weighted by atomic mass is 32.2. The Bertz CT molecular complexity index is 678. The number of hydrogen-bond donors (Lipinski definition) is 1. The molecule has 0 bridgehead atoms. The molecule has 0 amide bonds. The maximum absolute atomic E-state index is 12.5. The van der Waals surface area contributed by atoms with Crippen LogP contribution in [0.5, 0.6) is 0 Å². The quantitative estimate of drug-likeness (QED) is 0.833. The second-order valence-corrected chi connectivity index (χ2v) is 7.43. The molecule has 134 valence electrons. The SMILES string of the molecule is COC(=O)[C@H]1CC[C@H](NS(=O)(=O)c2ccc(C(F)(F)F)cc2)CC1. The van der Waals surface area contributed by atoms with Crippen LogP contribution in [0.1, 0.15) is 31.2 Å². The summed E-state index contributed by atoms with van der Waals surface area (Å²) in [5.74, 6) is -0.541. The third kappa shape index (κ3) is 4.47. The smallest absolute Gasteiger partial charge is 0.416 e. The Morgan fingerprint density at radius 3 is 2.12 bits per heavy atom. The van der Waals surface area contributed by atoms with E-state index in [1.165, 1.54) is 7.11 Å². The summed E-state index contributed by atoms with van der Waals surface area (Å²) in [6.07, 6.45) is -2.55. The number of sulfonamides is 1. The number of carbonyl (C=O) groups excluding carboxylic acids is 1. The molecule has 0 aromatic heterocycles. The van der Waals surface area contributed by atoms with Crippen molar-refractivity contribution >= 4 is 16.0 Å². The Balaban J connectivity index is 2.01. The number of benzene rings is 1. The van der Waals surface area contributed by atoms with Crippen molar-refractivity contribution < 1.29 is 31.1 Å². The summed E-state index contributed by atoms with van der Waals surface area (Å²) in [6.45, 7) is 0. The molecule has 1 saturated carbocycles. The van der Waals surface area contributed by atoms with Crippen LogP contribution in [0.4, 0.5) is 13.2 Å². The molecular weight excluding hydrogens is 347 g/mol. The highest BCUT2D eigenvalue weighted by Gasteiger charge is 2.32. The topological polar surface area (TPSA) is 72.5 Å². The number of hydrogen-bond acceptors (Lipinski definition) is 4. The molecular formula is C15H18F3NO4S. The molecule has 1 aromatic carbocycles. The van der Waals surface area contributed by atoms with Crippen LogP contribution in [0.3, 0.4) is 0 Å². The Hall–Kier alpha value is -1.61. The predicted molar refractivity (Wildman–Crippen MR) is 79.5 cm³/mol. The third-order valence-corrected chi connectivity index (χ3v) is 5.61. The maximum atomic E-state index is 12.5. The van der Waals surface area contributed by atoms with Crippen LogP contribution in [0.25, 0.3) is 0 Å². The number of ether oxygens (including phenoxy) is 1. The van der Waals surface area contributed by atoms with Crippen LogP contribution < -0.4 is 4.72 Å². The summed E-state index contributed by atoms with van der Waals surface area (Å²) in [5.41, 5.74) is -0.903. The Morgan fingerprint density at radius 1 is 1.12 bits per heavy atom. The largest absolute Gasteiger partial charge is 0.469 e. The van der Waals surface area contributed by atoms with Crippen molar-refractivity contribution in [2.75, 3.05) is 7.11 Å². The second-order valence-electron chi connectivity index (χ2n) is 5.72. The number of methoxy groups -OCH3 is 1. The fraction of sp³-hybridized carbons (Fsp3) is 0.533. The van der Waals surface area contributed by atoms with Crippen molar-refractivity contribution in [1.82, 2.24) is 4.72 Å². The number of alkyl halides is 3. The highest BCUT2D eigenvalue weighted by molar-refractivity contribution is 7.89. The van der Waals surface area contributed by atoms with Gasteiger partial charge in [0.2, 0.25) is 10.0 Å². The average Bonchev–Trinajstić information content (AvgIpc) is 2.54. The van der Waals surface area contributed by atoms with E-state index in [2.05, 4.69) is 9.46 Å². The van der Waals surface area contributed by atoms with Gasteiger partial charge in [-0.1, -0.05) is 0 Å². The monoisotopic (exact) mass is 365 g/mol. The van der Waals surface area contributed by atoms with Crippen LogP contribution in [-0.2, 0) is 25.7 Å². The fourth-order valence-corrected chi connectivity index (χ4v) is 4.03. The van der Waals surface area contributed by atoms with Crippen LogP contribution in [-0.4, -0.2) is 27.5 Å². The lowest BCUT2D eigenvalue weighted by Gasteiger charge is -2.27. The molecule has 0 spiro atoms. The zero-order valence-electron chi connectivity index (χ0n) is 13.0. The van der Waals surface area contributed by atoms with E-state index in [1.54, 1.807) is 0 Å². The van der Waals surface area contributed by atoms with Gasteiger partial charge in [0.1, 0.15) is 0 Å². The fourth-order valence-electron chi connectivity index (χ4n) is 2.72. The van der Waals surface area contributed by atoms with Gasteiger partial charge < -0.3 is 4.74 Å². The van der Waals surface area contributed by atoms with Crippen molar-refractivity contribution in [1.29, 1.82) is 0 Å². The highest BCUT2D eigenvalue weighted by Crippen LogP contribution is 2.30. The van der Waals surface area contributed by atoms with Crippen molar-refractivity contribution in [2.24, 2.45) is 5.92 Å². The first-order valence-electron chi connectivity index (χ1n) is 7.41. The first-order chi connectivity index (χ1) is 11.1.